The zero-order valence-electron chi connectivity index (χ0n) is 15.5. The highest BCUT2D eigenvalue weighted by molar-refractivity contribution is 6.74. The van der Waals surface area contributed by atoms with Gasteiger partial charge >= 0.3 is 6.09 Å². The molecule has 0 aromatic carbocycles. The van der Waals surface area contributed by atoms with Crippen LogP contribution in [0.3, 0.4) is 0 Å². The fourth-order valence-corrected chi connectivity index (χ4v) is 2.30. The molecule has 0 bridgehead atoms. The zero-order chi connectivity index (χ0) is 17.1. The van der Waals surface area contributed by atoms with Gasteiger partial charge in [-0.3, -0.25) is 0 Å². The van der Waals surface area contributed by atoms with Crippen LogP contribution in [0.4, 0.5) is 4.79 Å². The standard InChI is InChI=1S/C15H34N2O3Si/c1-14(2,3)20-13(18)17(8)16(7)11-12-19-21(9,10)15(4,5)6/h11-12H2,1-10H3. The Balaban J connectivity index is 4.33. The largest absolute Gasteiger partial charge is 0.443 e. The molecule has 0 saturated carbocycles. The average Bonchev–Trinajstić information content (AvgIpc) is 2.23. The van der Waals surface area contributed by atoms with Crippen LogP contribution in [0.1, 0.15) is 41.5 Å². The van der Waals surface area contributed by atoms with E-state index >= 15 is 0 Å². The van der Waals surface area contributed by atoms with E-state index in [-0.39, 0.29) is 11.1 Å². The van der Waals surface area contributed by atoms with Crippen LogP contribution in [-0.2, 0) is 9.16 Å². The lowest BCUT2D eigenvalue weighted by Gasteiger charge is -2.37. The Morgan fingerprint density at radius 1 is 1.05 bits per heavy atom. The van der Waals surface area contributed by atoms with Crippen LogP contribution >= 0.6 is 0 Å². The summed E-state index contributed by atoms with van der Waals surface area (Å²) in [5, 5.41) is 3.50. The van der Waals surface area contributed by atoms with Crippen molar-refractivity contribution in [3.05, 3.63) is 0 Å². The van der Waals surface area contributed by atoms with Crippen molar-refractivity contribution in [3.63, 3.8) is 0 Å². The Morgan fingerprint density at radius 3 is 1.90 bits per heavy atom. The molecule has 0 atom stereocenters. The number of hydrogen-bond acceptors (Lipinski definition) is 4. The molecule has 0 aliphatic heterocycles. The van der Waals surface area contributed by atoms with Gasteiger partial charge in [0.05, 0.1) is 0 Å². The SMILES string of the molecule is CN(CCO[Si](C)(C)C(C)(C)C)N(C)C(=O)OC(C)(C)C. The van der Waals surface area contributed by atoms with Crippen molar-refractivity contribution in [3.8, 4) is 0 Å². The lowest BCUT2D eigenvalue weighted by atomic mass is 10.2. The van der Waals surface area contributed by atoms with Gasteiger partial charge in [0.1, 0.15) is 5.60 Å². The summed E-state index contributed by atoms with van der Waals surface area (Å²) in [4.78, 5) is 11.9. The van der Waals surface area contributed by atoms with Gasteiger partial charge in [0.15, 0.2) is 8.32 Å². The molecule has 6 heteroatoms. The molecular formula is C15H34N2O3Si. The molecule has 0 saturated heterocycles. The Kier molecular flexibility index (Phi) is 6.91. The maximum absolute atomic E-state index is 11.9. The van der Waals surface area contributed by atoms with E-state index in [9.17, 15) is 4.79 Å². The number of hydrazine groups is 1. The smallest absolute Gasteiger partial charge is 0.424 e. The molecule has 5 nitrogen and oxygen atoms in total. The van der Waals surface area contributed by atoms with E-state index in [0.717, 1.165) is 0 Å². The first-order chi connectivity index (χ1) is 9.17. The van der Waals surface area contributed by atoms with Crippen molar-refractivity contribution in [2.45, 2.75) is 65.3 Å². The molecule has 0 aliphatic rings. The quantitative estimate of drug-likeness (QED) is 0.572. The summed E-state index contributed by atoms with van der Waals surface area (Å²) in [5.74, 6) is 0. The summed E-state index contributed by atoms with van der Waals surface area (Å²) in [6.45, 7) is 18.0. The maximum Gasteiger partial charge on any atom is 0.424 e. The minimum atomic E-state index is -1.73. The molecule has 1 amide bonds. The van der Waals surface area contributed by atoms with E-state index in [1.54, 1.807) is 7.05 Å². The molecule has 0 radical (unpaired) electrons. The molecule has 0 aliphatic carbocycles. The van der Waals surface area contributed by atoms with Crippen LogP contribution in [0.2, 0.25) is 18.1 Å². The van der Waals surface area contributed by atoms with Crippen LogP contribution in [0.15, 0.2) is 0 Å². The third-order valence-corrected chi connectivity index (χ3v) is 8.39. The second kappa shape index (κ2) is 7.11. The van der Waals surface area contributed by atoms with E-state index < -0.39 is 13.9 Å². The first kappa shape index (κ1) is 20.4. The summed E-state index contributed by atoms with van der Waals surface area (Å²) >= 11 is 0. The third kappa shape index (κ3) is 7.29. The van der Waals surface area contributed by atoms with E-state index in [2.05, 4.69) is 33.9 Å². The summed E-state index contributed by atoms with van der Waals surface area (Å²) in [6.07, 6.45) is -0.350. The lowest BCUT2D eigenvalue weighted by Crippen LogP contribution is -2.47. The van der Waals surface area contributed by atoms with Gasteiger partial charge in [-0.1, -0.05) is 20.8 Å². The van der Waals surface area contributed by atoms with Crippen molar-refractivity contribution in [2.24, 2.45) is 0 Å². The molecule has 0 aromatic heterocycles. The Hall–Kier alpha value is -0.593. The van der Waals surface area contributed by atoms with E-state index in [1.807, 2.05) is 32.8 Å². The predicted octanol–water partition coefficient (Wildman–Crippen LogP) is 3.72. The monoisotopic (exact) mass is 318 g/mol. The molecule has 0 unspecified atom stereocenters. The van der Waals surface area contributed by atoms with E-state index in [0.29, 0.717) is 13.2 Å². The molecule has 0 fully saturated rings. The minimum absolute atomic E-state index is 0.197. The van der Waals surface area contributed by atoms with Gasteiger partial charge in [-0.05, 0) is 38.9 Å². The van der Waals surface area contributed by atoms with Gasteiger partial charge in [0.25, 0.3) is 0 Å². The van der Waals surface area contributed by atoms with Gasteiger partial charge in [0, 0.05) is 27.2 Å². The van der Waals surface area contributed by atoms with Crippen LogP contribution < -0.4 is 0 Å². The second-order valence-electron chi connectivity index (χ2n) is 7.99. The van der Waals surface area contributed by atoms with Crippen molar-refractivity contribution >= 4 is 14.4 Å². The molecule has 0 heterocycles. The van der Waals surface area contributed by atoms with Crippen molar-refractivity contribution in [1.29, 1.82) is 0 Å². The van der Waals surface area contributed by atoms with Crippen molar-refractivity contribution < 1.29 is 14.0 Å². The van der Waals surface area contributed by atoms with Crippen LogP contribution in [0.25, 0.3) is 0 Å². The van der Waals surface area contributed by atoms with Crippen molar-refractivity contribution in [2.75, 3.05) is 27.2 Å². The summed E-state index contributed by atoms with van der Waals surface area (Å²) < 4.78 is 11.4. The first-order valence-electron chi connectivity index (χ1n) is 7.49. The number of amides is 1. The molecule has 0 spiro atoms. The fourth-order valence-electron chi connectivity index (χ4n) is 1.27. The highest BCUT2D eigenvalue weighted by atomic mass is 28.4. The predicted molar refractivity (Wildman–Crippen MR) is 89.8 cm³/mol. The third-order valence-electron chi connectivity index (χ3n) is 3.85. The summed E-state index contributed by atoms with van der Waals surface area (Å²) in [6, 6.07) is 0. The number of likely N-dealkylation sites (N-methyl/N-ethyl adjacent to an activating group) is 1. The molecular weight excluding hydrogens is 284 g/mol. The van der Waals surface area contributed by atoms with Crippen LogP contribution in [0, 0.1) is 0 Å². The van der Waals surface area contributed by atoms with E-state index in [4.69, 9.17) is 9.16 Å². The number of rotatable bonds is 5. The average molecular weight is 319 g/mol. The summed E-state index contributed by atoms with van der Waals surface area (Å²) in [5.41, 5.74) is -0.482. The lowest BCUT2D eigenvalue weighted by molar-refractivity contribution is -0.0299. The maximum atomic E-state index is 11.9. The van der Waals surface area contributed by atoms with Gasteiger partial charge in [0.2, 0.25) is 0 Å². The first-order valence-corrected chi connectivity index (χ1v) is 10.4. The van der Waals surface area contributed by atoms with Gasteiger partial charge in [-0.15, -0.1) is 0 Å². The van der Waals surface area contributed by atoms with E-state index in [1.165, 1.54) is 5.01 Å². The summed E-state index contributed by atoms with van der Waals surface area (Å²) in [7, 11) is 1.84. The Labute approximate surface area is 131 Å². The number of carbonyl (C=O) groups is 1. The zero-order valence-corrected chi connectivity index (χ0v) is 16.5. The Morgan fingerprint density at radius 2 is 1.52 bits per heavy atom. The molecule has 0 rings (SSSR count). The van der Waals surface area contributed by atoms with Crippen molar-refractivity contribution in [1.82, 2.24) is 10.0 Å². The van der Waals surface area contributed by atoms with Crippen LogP contribution in [0.5, 0.6) is 0 Å². The highest BCUT2D eigenvalue weighted by Gasteiger charge is 2.37. The molecule has 0 aromatic rings. The molecule has 21 heavy (non-hydrogen) atoms. The van der Waals surface area contributed by atoms with Gasteiger partial charge in [-0.2, -0.15) is 0 Å². The van der Waals surface area contributed by atoms with Crippen LogP contribution in [-0.4, -0.2) is 57.3 Å². The van der Waals surface area contributed by atoms with Gasteiger partial charge < -0.3 is 9.16 Å². The number of carbonyl (C=O) groups excluding carboxylic acids is 1. The number of nitrogens with zero attached hydrogens (tertiary/aromatic N) is 2. The Bertz CT molecular complexity index is 346. The number of hydrogen-bond donors (Lipinski definition) is 0. The topological polar surface area (TPSA) is 42.0 Å². The molecule has 0 N–H and O–H groups in total. The van der Waals surface area contributed by atoms with Gasteiger partial charge in [-0.25, -0.2) is 14.8 Å². The molecule has 126 valence electrons. The second-order valence-corrected chi connectivity index (χ2v) is 12.8. The fraction of sp³-hybridized carbons (Fsp3) is 0.933. The highest BCUT2D eigenvalue weighted by Crippen LogP contribution is 2.36. The number of ether oxygens (including phenoxy) is 1. The minimum Gasteiger partial charge on any atom is -0.443 e. The normalized spacial score (nSPS) is 13.5.